The van der Waals surface area contributed by atoms with E-state index >= 15 is 0 Å². The van der Waals surface area contributed by atoms with Gasteiger partial charge in [-0.2, -0.15) is 0 Å². The van der Waals surface area contributed by atoms with Crippen LogP contribution in [0.15, 0.2) is 109 Å². The SMILES string of the molecule is CCC[CH2][Sn]([CH2]CCC)([O]c1ccc(C(=O)c2ccccc2)cc1)[O][Sn]([CH2]CCC)([CH2]CCC)[O]c1ccc(C(=O)c2ccccc2)cc1. The molecule has 5 nitrogen and oxygen atoms in total. The molecule has 0 aliphatic carbocycles. The molecule has 0 saturated carbocycles. The number of ketones is 2. The van der Waals surface area contributed by atoms with Crippen LogP contribution in [0.2, 0.25) is 17.7 Å². The molecular weight excluding hydrogens is 822 g/mol. The number of hydrogen-bond acceptors (Lipinski definition) is 5. The third-order valence-corrected chi connectivity index (χ3v) is 41.5. The summed E-state index contributed by atoms with van der Waals surface area (Å²) in [5.41, 5.74) is 2.66. The van der Waals surface area contributed by atoms with Crippen molar-refractivity contribution in [3.05, 3.63) is 131 Å². The fourth-order valence-corrected chi connectivity index (χ4v) is 47.9. The van der Waals surface area contributed by atoms with Gasteiger partial charge >= 0.3 is 307 Å². The van der Waals surface area contributed by atoms with Gasteiger partial charge in [-0.1, -0.05) is 0 Å². The van der Waals surface area contributed by atoms with Crippen molar-refractivity contribution >= 4 is 50.0 Å². The van der Waals surface area contributed by atoms with E-state index in [1.807, 2.05) is 109 Å². The summed E-state index contributed by atoms with van der Waals surface area (Å²) in [6, 6.07) is 34.2. The van der Waals surface area contributed by atoms with Crippen molar-refractivity contribution in [2.75, 3.05) is 0 Å². The van der Waals surface area contributed by atoms with Gasteiger partial charge in [0.05, 0.1) is 0 Å². The van der Waals surface area contributed by atoms with E-state index in [1.54, 1.807) is 0 Å². The van der Waals surface area contributed by atoms with Gasteiger partial charge in [-0.3, -0.25) is 0 Å². The van der Waals surface area contributed by atoms with Crippen LogP contribution in [0, 0.1) is 0 Å². The third kappa shape index (κ3) is 11.7. The van der Waals surface area contributed by atoms with E-state index in [4.69, 9.17) is 7.56 Å². The van der Waals surface area contributed by atoms with Gasteiger partial charge < -0.3 is 0 Å². The predicted octanol–water partition coefficient (Wildman–Crippen LogP) is 11.7. The van der Waals surface area contributed by atoms with E-state index in [1.165, 1.54) is 0 Å². The van der Waals surface area contributed by atoms with Gasteiger partial charge in [0.15, 0.2) is 0 Å². The van der Waals surface area contributed by atoms with E-state index in [2.05, 4.69) is 27.7 Å². The van der Waals surface area contributed by atoms with Crippen LogP contribution in [0.1, 0.15) is 111 Å². The molecule has 49 heavy (non-hydrogen) atoms. The Labute approximate surface area is 304 Å². The molecule has 0 N–H and O–H groups in total. The molecule has 0 unspecified atom stereocenters. The van der Waals surface area contributed by atoms with E-state index in [0.29, 0.717) is 22.3 Å². The first-order chi connectivity index (χ1) is 23.9. The van der Waals surface area contributed by atoms with Gasteiger partial charge in [-0.25, -0.2) is 0 Å². The number of carbonyl (C=O) groups excluding carboxylic acids is 2. The first-order valence-electron chi connectivity index (χ1n) is 18.3. The quantitative estimate of drug-likeness (QED) is 0.0581. The Morgan fingerprint density at radius 1 is 0.429 bits per heavy atom. The molecule has 4 rings (SSSR count). The molecule has 7 heteroatoms. The molecule has 0 radical (unpaired) electrons. The Balaban J connectivity index is 1.67. The van der Waals surface area contributed by atoms with Crippen molar-refractivity contribution in [3.63, 3.8) is 0 Å². The third-order valence-electron chi connectivity index (χ3n) is 8.93. The maximum atomic E-state index is 13.1. The fraction of sp³-hybridized carbons (Fsp3) is 0.381. The summed E-state index contributed by atoms with van der Waals surface area (Å²) < 4.78 is 26.1. The van der Waals surface area contributed by atoms with Crippen molar-refractivity contribution in [1.29, 1.82) is 0 Å². The average Bonchev–Trinajstić information content (AvgIpc) is 3.15. The second-order valence-electron chi connectivity index (χ2n) is 13.0. The second kappa shape index (κ2) is 20.3. The molecule has 4 aromatic carbocycles. The topological polar surface area (TPSA) is 61.8 Å². The van der Waals surface area contributed by atoms with E-state index in [9.17, 15) is 9.59 Å². The summed E-state index contributed by atoms with van der Waals surface area (Å²) in [7, 11) is 0. The Hall–Kier alpha value is -2.62. The summed E-state index contributed by atoms with van der Waals surface area (Å²) in [5.74, 6) is 1.61. The molecule has 0 fully saturated rings. The van der Waals surface area contributed by atoms with Gasteiger partial charge in [0.25, 0.3) is 0 Å². The van der Waals surface area contributed by atoms with E-state index < -0.39 is 38.4 Å². The summed E-state index contributed by atoms with van der Waals surface area (Å²) in [5, 5.41) is 0. The Kier molecular flexibility index (Phi) is 16.2. The van der Waals surface area contributed by atoms with Crippen LogP contribution in [0.5, 0.6) is 11.5 Å². The summed E-state index contributed by atoms with van der Waals surface area (Å²) in [4.78, 5) is 26.3. The minimum absolute atomic E-state index is 0.00868. The monoisotopic (exact) mass is 878 g/mol. The number of benzene rings is 4. The molecule has 0 aliphatic rings. The van der Waals surface area contributed by atoms with Crippen LogP contribution in [0.3, 0.4) is 0 Å². The number of carbonyl (C=O) groups is 2. The second-order valence-corrected chi connectivity index (χ2v) is 34.7. The van der Waals surface area contributed by atoms with Gasteiger partial charge in [-0.05, 0) is 0 Å². The molecule has 0 aromatic heterocycles. The average molecular weight is 876 g/mol. The zero-order chi connectivity index (χ0) is 35.0. The van der Waals surface area contributed by atoms with E-state index in [0.717, 1.165) is 80.6 Å². The zero-order valence-electron chi connectivity index (χ0n) is 29.9. The fourth-order valence-electron chi connectivity index (χ4n) is 6.11. The van der Waals surface area contributed by atoms with E-state index in [-0.39, 0.29) is 11.6 Å². The molecular formula is C42H54O5Sn2. The molecule has 260 valence electrons. The molecule has 4 aromatic rings. The van der Waals surface area contributed by atoms with Crippen LogP contribution in [0.25, 0.3) is 0 Å². The van der Waals surface area contributed by atoms with Crippen molar-refractivity contribution < 1.29 is 17.1 Å². The number of unbranched alkanes of at least 4 members (excludes halogenated alkanes) is 4. The maximum absolute atomic E-state index is 13.1. The summed E-state index contributed by atoms with van der Waals surface area (Å²) >= 11 is -7.67. The van der Waals surface area contributed by atoms with Crippen LogP contribution < -0.4 is 6.15 Å². The van der Waals surface area contributed by atoms with Crippen LogP contribution >= 0.6 is 0 Å². The Bertz CT molecular complexity index is 1420. The molecule has 0 amide bonds. The van der Waals surface area contributed by atoms with Crippen LogP contribution in [0.4, 0.5) is 0 Å². The van der Waals surface area contributed by atoms with Crippen molar-refractivity contribution in [2.24, 2.45) is 0 Å². The summed E-state index contributed by atoms with van der Waals surface area (Å²) in [6.45, 7) is 8.94. The molecule has 0 spiro atoms. The Morgan fingerprint density at radius 2 is 0.714 bits per heavy atom. The summed E-state index contributed by atoms with van der Waals surface area (Å²) in [6.07, 6.45) is 8.54. The van der Waals surface area contributed by atoms with Crippen molar-refractivity contribution in [1.82, 2.24) is 0 Å². The van der Waals surface area contributed by atoms with Gasteiger partial charge in [0, 0.05) is 0 Å². The number of hydrogen-bond donors (Lipinski definition) is 0. The first-order valence-corrected chi connectivity index (χ1v) is 31.1. The van der Waals surface area contributed by atoms with Crippen LogP contribution in [-0.4, -0.2) is 50.0 Å². The number of rotatable bonds is 22. The Morgan fingerprint density at radius 3 is 1.00 bits per heavy atom. The van der Waals surface area contributed by atoms with Crippen molar-refractivity contribution in [2.45, 2.75) is 96.8 Å². The molecule has 0 bridgehead atoms. The normalized spacial score (nSPS) is 11.7. The standard InChI is InChI=1S/2C13H10O2.4C4H9.O.2Sn/c2*14-12-8-6-11(7-9-12)13(15)10-4-2-1-3-5-10;4*1-3-4-2;;;/h2*1-9,14H;4*1,3-4H2,2H3;;;/q;;;;;;;2*+1/p-2. The molecule has 0 aliphatic heterocycles. The predicted molar refractivity (Wildman–Crippen MR) is 205 cm³/mol. The first kappa shape index (κ1) is 39.2. The molecule has 0 heterocycles. The van der Waals surface area contributed by atoms with Gasteiger partial charge in [-0.15, -0.1) is 0 Å². The zero-order valence-corrected chi connectivity index (χ0v) is 35.6. The van der Waals surface area contributed by atoms with Crippen LogP contribution in [-0.2, 0) is 1.41 Å². The minimum atomic E-state index is -3.84. The van der Waals surface area contributed by atoms with Gasteiger partial charge in [0.2, 0.25) is 0 Å². The molecule has 0 saturated heterocycles. The van der Waals surface area contributed by atoms with Gasteiger partial charge in [0.1, 0.15) is 0 Å². The van der Waals surface area contributed by atoms with Crippen molar-refractivity contribution in [3.8, 4) is 11.5 Å². The molecule has 0 atom stereocenters.